The third kappa shape index (κ3) is 3.22. The van der Waals surface area contributed by atoms with E-state index in [4.69, 9.17) is 14.4 Å². The molecule has 0 fully saturated rings. The van der Waals surface area contributed by atoms with Crippen molar-refractivity contribution in [2.75, 3.05) is 6.61 Å². The average molecular weight is 349 g/mol. The van der Waals surface area contributed by atoms with Crippen molar-refractivity contribution in [2.45, 2.75) is 6.92 Å². The van der Waals surface area contributed by atoms with Crippen LogP contribution in [0.15, 0.2) is 25.2 Å². The van der Waals surface area contributed by atoms with E-state index in [1.54, 1.807) is 19.1 Å². The van der Waals surface area contributed by atoms with Gasteiger partial charge in [-0.05, 0) is 44.8 Å². The number of carbonyl (C=O) groups excluding carboxylic acids is 1. The van der Waals surface area contributed by atoms with Gasteiger partial charge in [-0.1, -0.05) is 0 Å². The predicted molar refractivity (Wildman–Crippen MR) is 64.3 cm³/mol. The van der Waals surface area contributed by atoms with Crippen molar-refractivity contribution in [3.05, 3.63) is 26.5 Å². The van der Waals surface area contributed by atoms with Gasteiger partial charge in [0.1, 0.15) is 17.4 Å². The van der Waals surface area contributed by atoms with Crippen LogP contribution >= 0.6 is 31.9 Å². The Morgan fingerprint density at radius 1 is 1.69 bits per heavy atom. The number of hydrogen-bond acceptors (Lipinski definition) is 4. The van der Waals surface area contributed by atoms with Crippen LogP contribution in [-0.4, -0.2) is 12.6 Å². The second-order valence-corrected chi connectivity index (χ2v) is 4.24. The van der Waals surface area contributed by atoms with Gasteiger partial charge in [0.05, 0.1) is 11.1 Å². The monoisotopic (exact) mass is 347 g/mol. The summed E-state index contributed by atoms with van der Waals surface area (Å²) in [7, 11) is 0. The molecule has 0 N–H and O–H groups in total. The third-order valence-electron chi connectivity index (χ3n) is 1.57. The number of ether oxygens (including phenoxy) is 1. The fourth-order valence-corrected chi connectivity index (χ4v) is 1.53. The molecule has 0 saturated heterocycles. The van der Waals surface area contributed by atoms with Crippen LogP contribution in [0.1, 0.15) is 12.7 Å². The van der Waals surface area contributed by atoms with E-state index in [1.807, 2.05) is 0 Å². The van der Waals surface area contributed by atoms with Gasteiger partial charge in [0.15, 0.2) is 4.67 Å². The predicted octanol–water partition coefficient (Wildman–Crippen LogP) is 3.27. The largest absolute Gasteiger partial charge is 0.462 e. The van der Waals surface area contributed by atoms with Crippen LogP contribution in [0.5, 0.6) is 0 Å². The van der Waals surface area contributed by atoms with Gasteiger partial charge in [0.2, 0.25) is 0 Å². The lowest BCUT2D eigenvalue weighted by atomic mass is 10.2. The first-order valence-electron chi connectivity index (χ1n) is 4.32. The molecule has 0 bridgehead atoms. The van der Waals surface area contributed by atoms with Crippen LogP contribution in [0.2, 0.25) is 0 Å². The summed E-state index contributed by atoms with van der Waals surface area (Å²) in [6.07, 6.45) is 1.33. The van der Waals surface area contributed by atoms with Gasteiger partial charge >= 0.3 is 5.97 Å². The molecule has 1 aromatic heterocycles. The van der Waals surface area contributed by atoms with E-state index in [-0.39, 0.29) is 12.2 Å². The minimum atomic E-state index is -0.659. The van der Waals surface area contributed by atoms with E-state index in [2.05, 4.69) is 31.9 Å². The highest BCUT2D eigenvalue weighted by Crippen LogP contribution is 2.27. The Morgan fingerprint density at radius 2 is 2.38 bits per heavy atom. The molecule has 84 valence electrons. The molecule has 16 heavy (non-hydrogen) atoms. The first-order chi connectivity index (χ1) is 7.58. The quantitative estimate of drug-likeness (QED) is 0.477. The zero-order valence-electron chi connectivity index (χ0n) is 8.29. The second kappa shape index (κ2) is 5.87. The highest BCUT2D eigenvalue weighted by atomic mass is 79.9. The van der Waals surface area contributed by atoms with E-state index >= 15 is 0 Å². The fourth-order valence-electron chi connectivity index (χ4n) is 0.922. The minimum Gasteiger partial charge on any atom is -0.462 e. The maximum Gasteiger partial charge on any atom is 0.349 e. The summed E-state index contributed by atoms with van der Waals surface area (Å²) >= 11 is 6.38. The first-order valence-corrected chi connectivity index (χ1v) is 5.90. The molecule has 4 nitrogen and oxygen atoms in total. The second-order valence-electron chi connectivity index (χ2n) is 2.66. The third-order valence-corrected chi connectivity index (χ3v) is 3.28. The summed E-state index contributed by atoms with van der Waals surface area (Å²) in [6, 6.07) is 3.40. The fraction of sp³-hybridized carbons (Fsp3) is 0.200. The summed E-state index contributed by atoms with van der Waals surface area (Å²) in [5.41, 5.74) is -0.101. The Morgan fingerprint density at radius 3 is 2.81 bits per heavy atom. The summed E-state index contributed by atoms with van der Waals surface area (Å²) in [6.45, 7) is 1.90. The Labute approximate surface area is 109 Å². The van der Waals surface area contributed by atoms with Crippen LogP contribution in [0, 0.1) is 11.3 Å². The number of carbonyl (C=O) groups is 1. The highest BCUT2D eigenvalue weighted by molar-refractivity contribution is 9.13. The van der Waals surface area contributed by atoms with Crippen LogP contribution in [0.4, 0.5) is 0 Å². The van der Waals surface area contributed by atoms with Crippen LogP contribution in [0.25, 0.3) is 6.08 Å². The van der Waals surface area contributed by atoms with E-state index in [0.717, 1.165) is 0 Å². The Balaban J connectivity index is 2.97. The van der Waals surface area contributed by atoms with Gasteiger partial charge < -0.3 is 9.15 Å². The Bertz CT molecular complexity index is 451. The van der Waals surface area contributed by atoms with E-state index in [0.29, 0.717) is 14.9 Å². The topological polar surface area (TPSA) is 63.2 Å². The number of nitrogens with zero attached hydrogens (tertiary/aromatic N) is 1. The van der Waals surface area contributed by atoms with Gasteiger partial charge in [0.25, 0.3) is 0 Å². The van der Waals surface area contributed by atoms with E-state index < -0.39 is 5.97 Å². The van der Waals surface area contributed by atoms with Crippen molar-refractivity contribution < 1.29 is 13.9 Å². The lowest BCUT2D eigenvalue weighted by Crippen LogP contribution is -2.05. The zero-order valence-corrected chi connectivity index (χ0v) is 11.5. The lowest BCUT2D eigenvalue weighted by molar-refractivity contribution is -0.137. The van der Waals surface area contributed by atoms with Crippen LogP contribution in [0.3, 0.4) is 0 Å². The summed E-state index contributed by atoms with van der Waals surface area (Å²) < 4.78 is 11.1. The average Bonchev–Trinajstić information content (AvgIpc) is 2.55. The number of nitriles is 1. The molecule has 0 unspecified atom stereocenters. The molecular formula is C10H7Br2NO3. The van der Waals surface area contributed by atoms with Crippen molar-refractivity contribution in [1.82, 2.24) is 0 Å². The normalized spacial score (nSPS) is 11.0. The maximum atomic E-state index is 11.3. The molecule has 0 atom stereocenters. The Kier molecular flexibility index (Phi) is 4.77. The van der Waals surface area contributed by atoms with E-state index in [1.165, 1.54) is 6.08 Å². The molecular weight excluding hydrogens is 342 g/mol. The molecule has 0 aromatic carbocycles. The minimum absolute atomic E-state index is 0.101. The van der Waals surface area contributed by atoms with E-state index in [9.17, 15) is 4.79 Å². The van der Waals surface area contributed by atoms with Crippen LogP contribution in [-0.2, 0) is 9.53 Å². The van der Waals surface area contributed by atoms with Crippen LogP contribution < -0.4 is 0 Å². The standard InChI is InChI=1S/C10H7Br2NO3/c1-2-15-10(14)6(5-13)3-7-4-8(11)9(12)16-7/h3-4H,2H2,1H3/b6-3-. The molecule has 1 rings (SSSR count). The zero-order chi connectivity index (χ0) is 12.1. The first kappa shape index (κ1) is 13.0. The number of furan rings is 1. The van der Waals surface area contributed by atoms with Crippen molar-refractivity contribution >= 4 is 43.9 Å². The number of rotatable bonds is 3. The van der Waals surface area contributed by atoms with Gasteiger partial charge in [-0.2, -0.15) is 5.26 Å². The molecule has 0 amide bonds. The molecule has 0 spiro atoms. The van der Waals surface area contributed by atoms with Gasteiger partial charge in [0, 0.05) is 6.08 Å². The van der Waals surface area contributed by atoms with Gasteiger partial charge in [-0.25, -0.2) is 4.79 Å². The lowest BCUT2D eigenvalue weighted by Gasteiger charge is -1.97. The summed E-state index contributed by atoms with van der Waals surface area (Å²) in [4.78, 5) is 11.3. The molecule has 0 aliphatic rings. The molecule has 0 saturated carbocycles. The van der Waals surface area contributed by atoms with Crippen molar-refractivity contribution in [1.29, 1.82) is 5.26 Å². The number of hydrogen-bond donors (Lipinski definition) is 0. The molecule has 1 heterocycles. The molecule has 6 heteroatoms. The number of esters is 1. The molecule has 0 aliphatic carbocycles. The van der Waals surface area contributed by atoms with Crippen molar-refractivity contribution in [2.24, 2.45) is 0 Å². The smallest absolute Gasteiger partial charge is 0.349 e. The summed E-state index contributed by atoms with van der Waals surface area (Å²) in [5, 5.41) is 8.78. The molecule has 0 radical (unpaired) electrons. The maximum absolute atomic E-state index is 11.3. The summed E-state index contributed by atoms with van der Waals surface area (Å²) in [5.74, 6) is -0.267. The highest BCUT2D eigenvalue weighted by Gasteiger charge is 2.12. The van der Waals surface area contributed by atoms with Crippen molar-refractivity contribution in [3.63, 3.8) is 0 Å². The van der Waals surface area contributed by atoms with Gasteiger partial charge in [-0.3, -0.25) is 0 Å². The van der Waals surface area contributed by atoms with Gasteiger partial charge in [-0.15, -0.1) is 0 Å². The molecule has 0 aliphatic heterocycles. The SMILES string of the molecule is CCOC(=O)/C(C#N)=C\c1cc(Br)c(Br)o1. The Hall–Kier alpha value is -1.06. The molecule has 1 aromatic rings. The van der Waals surface area contributed by atoms with Crippen molar-refractivity contribution in [3.8, 4) is 6.07 Å². The number of halogens is 2.